The minimum atomic E-state index is -0.0787. The molecule has 0 aliphatic carbocycles. The summed E-state index contributed by atoms with van der Waals surface area (Å²) >= 11 is 0. The number of hydrogen-bond acceptors (Lipinski definition) is 3. The molecule has 3 N–H and O–H groups in total. The number of hydrogen-bond donors (Lipinski definition) is 2. The van der Waals surface area contributed by atoms with E-state index >= 15 is 0 Å². The molecule has 0 unspecified atom stereocenters. The van der Waals surface area contributed by atoms with Crippen molar-refractivity contribution in [1.82, 2.24) is 15.2 Å². The van der Waals surface area contributed by atoms with Gasteiger partial charge in [-0.1, -0.05) is 50.6 Å². The Labute approximate surface area is 101 Å². The molecule has 0 spiro atoms. The molecule has 2 atom stereocenters. The molecule has 0 saturated heterocycles. The van der Waals surface area contributed by atoms with Crippen LogP contribution in [-0.2, 0) is 0 Å². The van der Waals surface area contributed by atoms with Crippen LogP contribution in [0.2, 0.25) is 0 Å². The zero-order valence-electron chi connectivity index (χ0n) is 10.2. The van der Waals surface area contributed by atoms with E-state index in [9.17, 15) is 0 Å². The van der Waals surface area contributed by atoms with Gasteiger partial charge in [0.25, 0.3) is 0 Å². The van der Waals surface area contributed by atoms with E-state index in [1.165, 1.54) is 0 Å². The van der Waals surface area contributed by atoms with Crippen LogP contribution in [0.25, 0.3) is 11.4 Å². The largest absolute Gasteiger partial charge is 0.321 e. The highest BCUT2D eigenvalue weighted by Crippen LogP contribution is 2.21. The van der Waals surface area contributed by atoms with Crippen molar-refractivity contribution in [3.8, 4) is 11.4 Å². The summed E-state index contributed by atoms with van der Waals surface area (Å²) in [4.78, 5) is 4.46. The second-order valence-corrected chi connectivity index (χ2v) is 4.32. The Bertz CT molecular complexity index is 463. The predicted octanol–water partition coefficient (Wildman–Crippen LogP) is 2.52. The molecule has 90 valence electrons. The van der Waals surface area contributed by atoms with Crippen molar-refractivity contribution >= 4 is 0 Å². The Morgan fingerprint density at radius 3 is 2.65 bits per heavy atom. The monoisotopic (exact) mass is 230 g/mol. The van der Waals surface area contributed by atoms with E-state index in [0.717, 1.165) is 17.8 Å². The lowest BCUT2D eigenvalue weighted by atomic mass is 10.00. The summed E-state index contributed by atoms with van der Waals surface area (Å²) < 4.78 is 0. The Morgan fingerprint density at radius 1 is 1.29 bits per heavy atom. The summed E-state index contributed by atoms with van der Waals surface area (Å²) in [5.74, 6) is 1.86. The average molecular weight is 230 g/mol. The van der Waals surface area contributed by atoms with E-state index in [2.05, 4.69) is 29.0 Å². The molecule has 0 bridgehead atoms. The van der Waals surface area contributed by atoms with E-state index in [1.807, 2.05) is 30.3 Å². The molecule has 1 heterocycles. The maximum atomic E-state index is 6.11. The highest BCUT2D eigenvalue weighted by molar-refractivity contribution is 5.53. The summed E-state index contributed by atoms with van der Waals surface area (Å²) in [6, 6.07) is 9.82. The van der Waals surface area contributed by atoms with Gasteiger partial charge in [-0.2, -0.15) is 5.10 Å². The molecule has 1 aromatic heterocycles. The van der Waals surface area contributed by atoms with Crippen molar-refractivity contribution in [1.29, 1.82) is 0 Å². The molecule has 4 nitrogen and oxygen atoms in total. The Morgan fingerprint density at radius 2 is 2.00 bits per heavy atom. The highest BCUT2D eigenvalue weighted by atomic mass is 15.2. The number of nitrogens with one attached hydrogen (secondary N) is 1. The van der Waals surface area contributed by atoms with Gasteiger partial charge in [-0.05, 0) is 5.92 Å². The van der Waals surface area contributed by atoms with Crippen molar-refractivity contribution in [2.45, 2.75) is 26.3 Å². The third kappa shape index (κ3) is 2.53. The zero-order chi connectivity index (χ0) is 12.3. The molecule has 0 aliphatic rings. The minimum Gasteiger partial charge on any atom is -0.321 e. The summed E-state index contributed by atoms with van der Waals surface area (Å²) in [6.45, 7) is 4.24. The van der Waals surface area contributed by atoms with E-state index in [0.29, 0.717) is 11.7 Å². The van der Waals surface area contributed by atoms with E-state index < -0.39 is 0 Å². The number of benzene rings is 1. The van der Waals surface area contributed by atoms with E-state index in [-0.39, 0.29) is 6.04 Å². The first-order chi connectivity index (χ1) is 8.22. The van der Waals surface area contributed by atoms with Gasteiger partial charge in [0.2, 0.25) is 0 Å². The van der Waals surface area contributed by atoms with Crippen LogP contribution in [0.4, 0.5) is 0 Å². The van der Waals surface area contributed by atoms with Crippen molar-refractivity contribution in [2.24, 2.45) is 11.7 Å². The fourth-order valence-electron chi connectivity index (χ4n) is 1.66. The molecule has 0 radical (unpaired) electrons. The summed E-state index contributed by atoms with van der Waals surface area (Å²) in [7, 11) is 0. The van der Waals surface area contributed by atoms with Gasteiger partial charge in [-0.3, -0.25) is 5.10 Å². The molecule has 17 heavy (non-hydrogen) atoms. The molecule has 0 amide bonds. The van der Waals surface area contributed by atoms with Crippen LogP contribution in [0.3, 0.4) is 0 Å². The molecule has 0 saturated carbocycles. The maximum absolute atomic E-state index is 6.11. The Kier molecular flexibility index (Phi) is 3.54. The van der Waals surface area contributed by atoms with Gasteiger partial charge >= 0.3 is 0 Å². The summed E-state index contributed by atoms with van der Waals surface area (Å²) in [5.41, 5.74) is 7.11. The van der Waals surface area contributed by atoms with Crippen LogP contribution in [0.1, 0.15) is 32.1 Å². The Hall–Kier alpha value is -1.68. The second kappa shape index (κ2) is 5.10. The Balaban J connectivity index is 2.22. The first-order valence-electron chi connectivity index (χ1n) is 5.95. The minimum absolute atomic E-state index is 0.0787. The third-order valence-electron chi connectivity index (χ3n) is 3.11. The average Bonchev–Trinajstić information content (AvgIpc) is 2.87. The van der Waals surface area contributed by atoms with E-state index in [4.69, 9.17) is 5.73 Å². The van der Waals surface area contributed by atoms with Gasteiger partial charge in [0.15, 0.2) is 5.82 Å². The van der Waals surface area contributed by atoms with Crippen molar-refractivity contribution in [3.05, 3.63) is 36.2 Å². The fraction of sp³-hybridized carbons (Fsp3) is 0.385. The molecule has 2 aromatic rings. The molecule has 0 fully saturated rings. The van der Waals surface area contributed by atoms with Gasteiger partial charge < -0.3 is 5.73 Å². The zero-order valence-corrected chi connectivity index (χ0v) is 10.2. The van der Waals surface area contributed by atoms with Crippen LogP contribution in [0, 0.1) is 5.92 Å². The third-order valence-corrected chi connectivity index (χ3v) is 3.11. The van der Waals surface area contributed by atoms with Gasteiger partial charge in [0.1, 0.15) is 5.82 Å². The summed E-state index contributed by atoms with van der Waals surface area (Å²) in [6.07, 6.45) is 1.03. The van der Waals surface area contributed by atoms with Crippen LogP contribution < -0.4 is 5.73 Å². The first-order valence-corrected chi connectivity index (χ1v) is 5.95. The lowest BCUT2D eigenvalue weighted by Crippen LogP contribution is -2.19. The number of nitrogens with two attached hydrogens (primary N) is 1. The van der Waals surface area contributed by atoms with Crippen LogP contribution in [0.15, 0.2) is 30.3 Å². The molecule has 4 heteroatoms. The van der Waals surface area contributed by atoms with Crippen LogP contribution in [0.5, 0.6) is 0 Å². The van der Waals surface area contributed by atoms with Gasteiger partial charge in [0.05, 0.1) is 6.04 Å². The lowest BCUT2D eigenvalue weighted by Gasteiger charge is -2.14. The van der Waals surface area contributed by atoms with Crippen molar-refractivity contribution in [2.75, 3.05) is 0 Å². The molecular weight excluding hydrogens is 212 g/mol. The number of rotatable bonds is 4. The van der Waals surface area contributed by atoms with E-state index in [1.54, 1.807) is 0 Å². The van der Waals surface area contributed by atoms with Crippen molar-refractivity contribution in [3.63, 3.8) is 0 Å². The van der Waals surface area contributed by atoms with Gasteiger partial charge in [-0.15, -0.1) is 0 Å². The molecular formula is C13H18N4. The number of aromatic amines is 1. The standard InChI is InChI=1S/C13H18N4/c1-3-9(2)11(14)13-15-12(16-17-13)10-7-5-4-6-8-10/h4-9,11H,3,14H2,1-2H3,(H,15,16,17)/t9-,11-/m0/s1. The second-order valence-electron chi connectivity index (χ2n) is 4.32. The maximum Gasteiger partial charge on any atom is 0.181 e. The van der Waals surface area contributed by atoms with Crippen LogP contribution >= 0.6 is 0 Å². The normalized spacial score (nSPS) is 14.5. The SMILES string of the molecule is CC[C@H](C)[C@H](N)c1nc(-c2ccccc2)n[nH]1. The fourth-order valence-corrected chi connectivity index (χ4v) is 1.66. The van der Waals surface area contributed by atoms with Crippen molar-refractivity contribution < 1.29 is 0 Å². The lowest BCUT2D eigenvalue weighted by molar-refractivity contribution is 0.440. The number of H-pyrrole nitrogens is 1. The van der Waals surface area contributed by atoms with Gasteiger partial charge in [0, 0.05) is 5.56 Å². The van der Waals surface area contributed by atoms with Crippen LogP contribution in [-0.4, -0.2) is 15.2 Å². The molecule has 1 aromatic carbocycles. The number of nitrogens with zero attached hydrogens (tertiary/aromatic N) is 2. The predicted molar refractivity (Wildman–Crippen MR) is 68.2 cm³/mol. The van der Waals surface area contributed by atoms with Gasteiger partial charge in [-0.25, -0.2) is 4.98 Å². The summed E-state index contributed by atoms with van der Waals surface area (Å²) in [5, 5.41) is 7.14. The topological polar surface area (TPSA) is 67.6 Å². The highest BCUT2D eigenvalue weighted by Gasteiger charge is 2.17. The smallest absolute Gasteiger partial charge is 0.181 e. The number of aromatic nitrogens is 3. The first kappa shape index (κ1) is 11.8. The molecule has 0 aliphatic heterocycles. The molecule has 2 rings (SSSR count). The quantitative estimate of drug-likeness (QED) is 0.848.